The first-order valence-corrected chi connectivity index (χ1v) is 6.32. The van der Waals surface area contributed by atoms with E-state index in [1.165, 1.54) is 7.11 Å². The molecule has 0 aliphatic heterocycles. The van der Waals surface area contributed by atoms with Crippen LogP contribution in [-0.2, 0) is 19.7 Å². The first-order valence-electron chi connectivity index (χ1n) is 6.32. The Kier molecular flexibility index (Phi) is 5.74. The van der Waals surface area contributed by atoms with E-state index < -0.39 is 24.4 Å². The third-order valence-corrected chi connectivity index (χ3v) is 3.38. The van der Waals surface area contributed by atoms with Gasteiger partial charge < -0.3 is 10.5 Å². The molecule has 1 unspecified atom stereocenters. The second-order valence-corrected chi connectivity index (χ2v) is 4.64. The second kappa shape index (κ2) is 6.91. The molecular formula is C14H18F3NO3. The molecule has 7 heteroatoms. The Morgan fingerprint density at radius 1 is 1.29 bits per heavy atom. The molecule has 2 N–H and O–H groups in total. The third kappa shape index (κ3) is 4.18. The number of halogens is 3. The summed E-state index contributed by atoms with van der Waals surface area (Å²) in [7, 11) is 1.18. The number of carbonyl (C=O) groups is 1. The zero-order valence-corrected chi connectivity index (χ0v) is 11.9. The summed E-state index contributed by atoms with van der Waals surface area (Å²) in [6.07, 6.45) is -4.97. The van der Waals surface area contributed by atoms with E-state index in [1.54, 1.807) is 31.2 Å². The van der Waals surface area contributed by atoms with Gasteiger partial charge in [0.15, 0.2) is 0 Å². The molecule has 0 amide bonds. The summed E-state index contributed by atoms with van der Waals surface area (Å²) in [5.74, 6) is -0.676. The molecule has 4 nitrogen and oxygen atoms in total. The minimum atomic E-state index is -4.75. The van der Waals surface area contributed by atoms with Crippen LogP contribution >= 0.6 is 0 Å². The molecule has 0 fully saturated rings. The highest BCUT2D eigenvalue weighted by molar-refractivity contribution is 5.84. The van der Waals surface area contributed by atoms with Gasteiger partial charge in [-0.25, -0.2) is 0 Å². The molecule has 0 heterocycles. The first-order chi connectivity index (χ1) is 9.77. The van der Waals surface area contributed by atoms with Crippen LogP contribution in [0, 0.1) is 6.92 Å². The van der Waals surface area contributed by atoms with E-state index in [9.17, 15) is 18.0 Å². The number of hydrogen-bond donors (Lipinski definition) is 1. The molecule has 1 atom stereocenters. The van der Waals surface area contributed by atoms with E-state index in [2.05, 4.69) is 4.74 Å². The van der Waals surface area contributed by atoms with E-state index in [4.69, 9.17) is 10.5 Å². The predicted octanol–water partition coefficient (Wildman–Crippen LogP) is 2.29. The van der Waals surface area contributed by atoms with Crippen LogP contribution in [-0.4, -0.2) is 32.6 Å². The predicted molar refractivity (Wildman–Crippen MR) is 70.6 cm³/mol. The molecule has 0 radical (unpaired) electrons. The van der Waals surface area contributed by atoms with Crippen molar-refractivity contribution in [1.29, 1.82) is 0 Å². The Hall–Kier alpha value is -1.60. The highest BCUT2D eigenvalue weighted by Gasteiger charge is 2.42. The number of ether oxygens (including phenoxy) is 2. The summed E-state index contributed by atoms with van der Waals surface area (Å²) in [5, 5.41) is 0. The Balaban J connectivity index is 3.11. The lowest BCUT2D eigenvalue weighted by Crippen LogP contribution is -2.45. The van der Waals surface area contributed by atoms with Crippen molar-refractivity contribution in [3.8, 4) is 0 Å². The Bertz CT molecular complexity index is 491. The van der Waals surface area contributed by atoms with Crippen molar-refractivity contribution < 1.29 is 27.4 Å². The van der Waals surface area contributed by atoms with Gasteiger partial charge in [-0.3, -0.25) is 9.53 Å². The molecule has 1 rings (SSSR count). The molecule has 1 aromatic carbocycles. The monoisotopic (exact) mass is 305 g/mol. The van der Waals surface area contributed by atoms with Crippen molar-refractivity contribution in [2.24, 2.45) is 5.73 Å². The van der Waals surface area contributed by atoms with Crippen molar-refractivity contribution in [2.75, 3.05) is 20.3 Å². The van der Waals surface area contributed by atoms with Crippen molar-refractivity contribution in [3.63, 3.8) is 0 Å². The summed E-state index contributed by atoms with van der Waals surface area (Å²) in [5.41, 5.74) is 5.64. The summed E-state index contributed by atoms with van der Waals surface area (Å²) in [6, 6.07) is 6.88. The van der Waals surface area contributed by atoms with Gasteiger partial charge >= 0.3 is 12.3 Å². The molecule has 1 aromatic rings. The fourth-order valence-corrected chi connectivity index (χ4v) is 2.29. The summed E-state index contributed by atoms with van der Waals surface area (Å²) in [6.45, 7) is 0.906. The number of benzene rings is 1. The zero-order valence-electron chi connectivity index (χ0n) is 11.9. The van der Waals surface area contributed by atoms with Crippen molar-refractivity contribution >= 4 is 5.97 Å². The van der Waals surface area contributed by atoms with Crippen LogP contribution < -0.4 is 5.73 Å². The van der Waals surface area contributed by atoms with Crippen LogP contribution in [0.3, 0.4) is 0 Å². The van der Waals surface area contributed by atoms with Crippen molar-refractivity contribution in [2.45, 2.75) is 25.1 Å². The Morgan fingerprint density at radius 3 is 2.38 bits per heavy atom. The van der Waals surface area contributed by atoms with Gasteiger partial charge in [0.25, 0.3) is 0 Å². The Morgan fingerprint density at radius 2 is 1.90 bits per heavy atom. The standard InChI is InChI=1S/C14H18F3NO3/c1-10-5-3-4-6-11(10)13(9-18,12(19)20-2)7-8-21-14(15,16)17/h3-6H,7-9,18H2,1-2H3. The van der Waals surface area contributed by atoms with Gasteiger partial charge in [-0.15, -0.1) is 13.2 Å². The van der Waals surface area contributed by atoms with Gasteiger partial charge in [0, 0.05) is 6.54 Å². The van der Waals surface area contributed by atoms with E-state index >= 15 is 0 Å². The van der Waals surface area contributed by atoms with E-state index in [0.717, 1.165) is 5.56 Å². The van der Waals surface area contributed by atoms with Crippen LogP contribution in [0.4, 0.5) is 13.2 Å². The van der Waals surface area contributed by atoms with E-state index in [-0.39, 0.29) is 13.0 Å². The minimum Gasteiger partial charge on any atom is -0.468 e. The van der Waals surface area contributed by atoms with E-state index in [0.29, 0.717) is 5.56 Å². The average Bonchev–Trinajstić information content (AvgIpc) is 2.43. The number of hydrogen-bond acceptors (Lipinski definition) is 4. The fourth-order valence-electron chi connectivity index (χ4n) is 2.29. The first kappa shape index (κ1) is 17.5. The van der Waals surface area contributed by atoms with Gasteiger partial charge in [-0.2, -0.15) is 0 Å². The topological polar surface area (TPSA) is 61.5 Å². The number of aryl methyl sites for hydroxylation is 1. The number of rotatable bonds is 6. The third-order valence-electron chi connectivity index (χ3n) is 3.38. The van der Waals surface area contributed by atoms with Gasteiger partial charge in [-0.05, 0) is 24.5 Å². The maximum absolute atomic E-state index is 12.1. The lowest BCUT2D eigenvalue weighted by molar-refractivity contribution is -0.325. The van der Waals surface area contributed by atoms with Gasteiger partial charge in [0.1, 0.15) is 5.41 Å². The van der Waals surface area contributed by atoms with Crippen LogP contribution in [0.5, 0.6) is 0 Å². The molecule has 21 heavy (non-hydrogen) atoms. The van der Waals surface area contributed by atoms with Crippen LogP contribution in [0.1, 0.15) is 17.5 Å². The molecular weight excluding hydrogens is 287 g/mol. The summed E-state index contributed by atoms with van der Waals surface area (Å²) < 4.78 is 44.9. The number of carbonyl (C=O) groups excluding carboxylic acids is 1. The molecule has 118 valence electrons. The highest BCUT2D eigenvalue weighted by Crippen LogP contribution is 2.32. The largest absolute Gasteiger partial charge is 0.522 e. The molecule has 0 saturated heterocycles. The highest BCUT2D eigenvalue weighted by atomic mass is 19.4. The normalized spacial score (nSPS) is 14.6. The smallest absolute Gasteiger partial charge is 0.468 e. The second-order valence-electron chi connectivity index (χ2n) is 4.64. The number of methoxy groups -OCH3 is 1. The lowest BCUT2D eigenvalue weighted by Gasteiger charge is -2.31. The van der Waals surface area contributed by atoms with Gasteiger partial charge in [0.05, 0.1) is 13.7 Å². The average molecular weight is 305 g/mol. The fraction of sp³-hybridized carbons (Fsp3) is 0.500. The van der Waals surface area contributed by atoms with Crippen molar-refractivity contribution in [1.82, 2.24) is 0 Å². The van der Waals surface area contributed by atoms with Crippen LogP contribution in [0.15, 0.2) is 24.3 Å². The number of nitrogens with two attached hydrogens (primary N) is 1. The quantitative estimate of drug-likeness (QED) is 0.819. The zero-order chi connectivity index (χ0) is 16.1. The molecule has 0 bridgehead atoms. The molecule has 0 spiro atoms. The maximum Gasteiger partial charge on any atom is 0.522 e. The number of alkyl halides is 3. The molecule has 0 aliphatic rings. The van der Waals surface area contributed by atoms with Crippen LogP contribution in [0.2, 0.25) is 0 Å². The number of esters is 1. The molecule has 0 saturated carbocycles. The minimum absolute atomic E-state index is 0.175. The molecule has 0 aliphatic carbocycles. The Labute approximate surface area is 121 Å². The van der Waals surface area contributed by atoms with E-state index in [1.807, 2.05) is 0 Å². The summed E-state index contributed by atoms with van der Waals surface area (Å²) >= 11 is 0. The van der Waals surface area contributed by atoms with Crippen molar-refractivity contribution in [3.05, 3.63) is 35.4 Å². The molecule has 0 aromatic heterocycles. The van der Waals surface area contributed by atoms with Gasteiger partial charge in [0.2, 0.25) is 0 Å². The van der Waals surface area contributed by atoms with Crippen LogP contribution in [0.25, 0.3) is 0 Å². The maximum atomic E-state index is 12.1. The lowest BCUT2D eigenvalue weighted by atomic mass is 9.76. The SMILES string of the molecule is COC(=O)C(CN)(CCOC(F)(F)F)c1ccccc1C. The summed E-state index contributed by atoms with van der Waals surface area (Å²) in [4.78, 5) is 12.1. The van der Waals surface area contributed by atoms with Gasteiger partial charge in [-0.1, -0.05) is 24.3 Å².